The number of para-hydroxylation sites is 1. The van der Waals surface area contributed by atoms with Crippen LogP contribution in [-0.4, -0.2) is 37.1 Å². The summed E-state index contributed by atoms with van der Waals surface area (Å²) in [6.07, 6.45) is 3.43. The first-order chi connectivity index (χ1) is 12.1. The average Bonchev–Trinajstić information content (AvgIpc) is 2.64. The number of hydrogen-bond acceptors (Lipinski definition) is 2. The number of anilines is 1. The number of carbonyl (C=O) groups excluding carboxylic acids is 1. The van der Waals surface area contributed by atoms with E-state index >= 15 is 0 Å². The fourth-order valence-electron chi connectivity index (χ4n) is 2.73. The molecule has 25 heavy (non-hydrogen) atoms. The van der Waals surface area contributed by atoms with Crippen molar-refractivity contribution < 1.29 is 9.18 Å². The number of benzene rings is 2. The molecule has 2 aromatic rings. The Morgan fingerprint density at radius 2 is 1.72 bits per heavy atom. The van der Waals surface area contributed by atoms with Crippen molar-refractivity contribution in [2.75, 3.05) is 31.1 Å². The highest BCUT2D eigenvalue weighted by Gasteiger charge is 2.21. The van der Waals surface area contributed by atoms with Gasteiger partial charge in [-0.15, -0.1) is 0 Å². The van der Waals surface area contributed by atoms with Gasteiger partial charge in [-0.05, 0) is 35.9 Å². The Morgan fingerprint density at radius 3 is 2.40 bits per heavy atom. The van der Waals surface area contributed by atoms with Gasteiger partial charge in [0, 0.05) is 37.4 Å². The van der Waals surface area contributed by atoms with Gasteiger partial charge in [0.15, 0.2) is 0 Å². The summed E-state index contributed by atoms with van der Waals surface area (Å²) in [6, 6.07) is 13.9. The summed E-state index contributed by atoms with van der Waals surface area (Å²) >= 11 is 5.84. The van der Waals surface area contributed by atoms with Gasteiger partial charge in [0.1, 0.15) is 5.82 Å². The topological polar surface area (TPSA) is 35.6 Å². The molecule has 0 unspecified atom stereocenters. The summed E-state index contributed by atoms with van der Waals surface area (Å²) in [5, 5.41) is 3.44. The molecule has 6 heteroatoms. The minimum Gasteiger partial charge on any atom is -0.366 e. The molecule has 1 fully saturated rings. The number of piperazine rings is 1. The number of rotatable bonds is 3. The Kier molecular flexibility index (Phi) is 5.56. The van der Waals surface area contributed by atoms with Gasteiger partial charge in [-0.2, -0.15) is 0 Å². The molecular weight excluding hydrogens is 341 g/mol. The van der Waals surface area contributed by atoms with Crippen LogP contribution in [0, 0.1) is 5.82 Å². The van der Waals surface area contributed by atoms with Crippen molar-refractivity contribution in [3.05, 3.63) is 71.1 Å². The lowest BCUT2D eigenvalue weighted by Crippen LogP contribution is -2.51. The van der Waals surface area contributed by atoms with E-state index in [1.165, 1.54) is 6.07 Å². The van der Waals surface area contributed by atoms with Crippen molar-refractivity contribution in [1.29, 1.82) is 0 Å². The van der Waals surface area contributed by atoms with Gasteiger partial charge < -0.3 is 15.1 Å². The monoisotopic (exact) mass is 359 g/mol. The van der Waals surface area contributed by atoms with E-state index in [-0.39, 0.29) is 11.8 Å². The van der Waals surface area contributed by atoms with E-state index in [1.807, 2.05) is 29.2 Å². The lowest BCUT2D eigenvalue weighted by Gasteiger charge is -2.35. The van der Waals surface area contributed by atoms with Crippen molar-refractivity contribution in [3.63, 3.8) is 0 Å². The molecule has 0 bridgehead atoms. The first-order valence-corrected chi connectivity index (χ1v) is 8.48. The van der Waals surface area contributed by atoms with Crippen LogP contribution < -0.4 is 10.2 Å². The SMILES string of the molecule is O=C(N/C=C/c1ccc(Cl)cc1)N1CCN(c2ccccc2F)CC1. The molecule has 0 saturated carbocycles. The maximum atomic E-state index is 13.8. The summed E-state index contributed by atoms with van der Waals surface area (Å²) in [5.74, 6) is -0.230. The molecule has 0 radical (unpaired) electrons. The molecule has 2 amide bonds. The van der Waals surface area contributed by atoms with Crippen LogP contribution >= 0.6 is 11.6 Å². The van der Waals surface area contributed by atoms with Crippen molar-refractivity contribution in [3.8, 4) is 0 Å². The molecule has 0 spiro atoms. The summed E-state index contributed by atoms with van der Waals surface area (Å²) in [6.45, 7) is 2.31. The lowest BCUT2D eigenvalue weighted by atomic mass is 10.2. The standard InChI is InChI=1S/C19H19ClFN3O/c20-16-7-5-15(6-8-16)9-10-22-19(25)24-13-11-23(12-14-24)18-4-2-1-3-17(18)21/h1-10H,11-14H2,(H,22,25)/b10-9+. The number of nitrogens with one attached hydrogen (secondary N) is 1. The highest BCUT2D eigenvalue weighted by Crippen LogP contribution is 2.20. The van der Waals surface area contributed by atoms with Crippen LogP contribution in [0.3, 0.4) is 0 Å². The molecule has 0 atom stereocenters. The van der Waals surface area contributed by atoms with E-state index in [0.29, 0.717) is 36.9 Å². The van der Waals surface area contributed by atoms with Crippen molar-refractivity contribution >= 4 is 29.4 Å². The molecular formula is C19H19ClFN3O. The molecule has 0 aromatic heterocycles. The van der Waals surface area contributed by atoms with Crippen molar-refractivity contribution in [1.82, 2.24) is 10.2 Å². The summed E-state index contributed by atoms with van der Waals surface area (Å²) in [7, 11) is 0. The summed E-state index contributed by atoms with van der Waals surface area (Å²) < 4.78 is 13.8. The Morgan fingerprint density at radius 1 is 1.04 bits per heavy atom. The number of urea groups is 1. The number of carbonyl (C=O) groups is 1. The van der Waals surface area contributed by atoms with Crippen LogP contribution in [0.1, 0.15) is 5.56 Å². The van der Waals surface area contributed by atoms with Crippen molar-refractivity contribution in [2.45, 2.75) is 0 Å². The van der Waals surface area contributed by atoms with Crippen LogP contribution in [-0.2, 0) is 0 Å². The fraction of sp³-hybridized carbons (Fsp3) is 0.211. The van der Waals surface area contributed by atoms with Gasteiger partial charge in [-0.25, -0.2) is 9.18 Å². The molecule has 1 aliphatic rings. The number of nitrogens with zero attached hydrogens (tertiary/aromatic N) is 2. The van der Waals surface area contributed by atoms with E-state index < -0.39 is 0 Å². The van der Waals surface area contributed by atoms with Crippen LogP contribution in [0.4, 0.5) is 14.9 Å². The third-order valence-electron chi connectivity index (χ3n) is 4.11. The molecule has 130 valence electrons. The Labute approximate surface area is 151 Å². The predicted octanol–water partition coefficient (Wildman–Crippen LogP) is 3.98. The molecule has 4 nitrogen and oxygen atoms in total. The maximum Gasteiger partial charge on any atom is 0.321 e. The number of amides is 2. The van der Waals surface area contributed by atoms with Crippen molar-refractivity contribution in [2.24, 2.45) is 0 Å². The lowest BCUT2D eigenvalue weighted by molar-refractivity contribution is 0.198. The van der Waals surface area contributed by atoms with E-state index in [2.05, 4.69) is 5.32 Å². The van der Waals surface area contributed by atoms with Crippen LogP contribution in [0.25, 0.3) is 6.08 Å². The zero-order chi connectivity index (χ0) is 17.6. The van der Waals surface area contributed by atoms with Gasteiger partial charge in [0.05, 0.1) is 5.69 Å². The molecule has 2 aromatic carbocycles. The predicted molar refractivity (Wildman–Crippen MR) is 99.2 cm³/mol. The van der Waals surface area contributed by atoms with Gasteiger partial charge in [0.25, 0.3) is 0 Å². The highest BCUT2D eigenvalue weighted by molar-refractivity contribution is 6.30. The fourth-order valence-corrected chi connectivity index (χ4v) is 2.86. The minimum atomic E-state index is -0.230. The molecule has 1 aliphatic heterocycles. The maximum absolute atomic E-state index is 13.8. The summed E-state index contributed by atoms with van der Waals surface area (Å²) in [4.78, 5) is 15.9. The quantitative estimate of drug-likeness (QED) is 0.899. The molecule has 1 heterocycles. The van der Waals surface area contributed by atoms with Gasteiger partial charge in [0.2, 0.25) is 0 Å². The molecule has 1 saturated heterocycles. The minimum absolute atomic E-state index is 0.154. The zero-order valence-corrected chi connectivity index (χ0v) is 14.4. The first-order valence-electron chi connectivity index (χ1n) is 8.10. The van der Waals surface area contributed by atoms with Crippen LogP contribution in [0.5, 0.6) is 0 Å². The molecule has 0 aliphatic carbocycles. The second-order valence-corrected chi connectivity index (χ2v) is 6.20. The average molecular weight is 360 g/mol. The number of hydrogen-bond donors (Lipinski definition) is 1. The van der Waals surface area contributed by atoms with Gasteiger partial charge in [-0.1, -0.05) is 35.9 Å². The summed E-state index contributed by atoms with van der Waals surface area (Å²) in [5.41, 5.74) is 1.54. The van der Waals surface area contributed by atoms with Crippen LogP contribution in [0.15, 0.2) is 54.7 Å². The van der Waals surface area contributed by atoms with Crippen LogP contribution in [0.2, 0.25) is 5.02 Å². The largest absolute Gasteiger partial charge is 0.366 e. The van der Waals surface area contributed by atoms with Gasteiger partial charge >= 0.3 is 6.03 Å². The normalized spacial score (nSPS) is 14.8. The first kappa shape index (κ1) is 17.3. The smallest absolute Gasteiger partial charge is 0.321 e. The van der Waals surface area contributed by atoms with E-state index in [1.54, 1.807) is 35.4 Å². The van der Waals surface area contributed by atoms with E-state index in [4.69, 9.17) is 11.6 Å². The van der Waals surface area contributed by atoms with E-state index in [0.717, 1.165) is 5.56 Å². The van der Waals surface area contributed by atoms with Gasteiger partial charge in [-0.3, -0.25) is 0 Å². The number of halogens is 2. The Bertz CT molecular complexity index is 756. The highest BCUT2D eigenvalue weighted by atomic mass is 35.5. The second-order valence-electron chi connectivity index (χ2n) is 5.76. The third kappa shape index (κ3) is 4.51. The van der Waals surface area contributed by atoms with E-state index in [9.17, 15) is 9.18 Å². The Hall–Kier alpha value is -2.53. The molecule has 3 rings (SSSR count). The molecule has 1 N–H and O–H groups in total. The zero-order valence-electron chi connectivity index (χ0n) is 13.7. The second kappa shape index (κ2) is 8.03. The Balaban J connectivity index is 1.50. The third-order valence-corrected chi connectivity index (χ3v) is 4.36.